The first-order valence-electron chi connectivity index (χ1n) is 7.39. The van der Waals surface area contributed by atoms with Gasteiger partial charge in [-0.15, -0.1) is 0 Å². The Morgan fingerprint density at radius 3 is 2.45 bits per heavy atom. The second-order valence-electron chi connectivity index (χ2n) is 5.58. The zero-order chi connectivity index (χ0) is 14.4. The molecular weight excluding hydrogens is 252 g/mol. The molecule has 1 N–H and O–H groups in total. The molecule has 0 saturated carbocycles. The molecule has 0 bridgehead atoms. The number of rotatable bonds is 6. The van der Waals surface area contributed by atoms with Crippen molar-refractivity contribution in [2.24, 2.45) is 0 Å². The van der Waals surface area contributed by atoms with Gasteiger partial charge in [0.05, 0.1) is 13.7 Å². The fourth-order valence-corrected chi connectivity index (χ4v) is 2.84. The van der Waals surface area contributed by atoms with Crippen LogP contribution in [0.2, 0.25) is 0 Å². The molecule has 2 rings (SSSR count). The Bertz CT molecular complexity index is 386. The van der Waals surface area contributed by atoms with Crippen molar-refractivity contribution in [1.82, 2.24) is 9.80 Å². The van der Waals surface area contributed by atoms with E-state index in [4.69, 9.17) is 4.74 Å². The van der Waals surface area contributed by atoms with Gasteiger partial charge in [-0.2, -0.15) is 0 Å². The van der Waals surface area contributed by atoms with E-state index < -0.39 is 0 Å². The van der Waals surface area contributed by atoms with E-state index in [0.29, 0.717) is 6.04 Å². The third-order valence-corrected chi connectivity index (χ3v) is 4.14. The maximum atomic E-state index is 9.31. The van der Waals surface area contributed by atoms with Crippen LogP contribution in [0.3, 0.4) is 0 Å². The summed E-state index contributed by atoms with van der Waals surface area (Å²) in [5.41, 5.74) is 1.28. The predicted molar refractivity (Wildman–Crippen MR) is 81.0 cm³/mol. The molecule has 112 valence electrons. The van der Waals surface area contributed by atoms with Gasteiger partial charge in [0.25, 0.3) is 0 Å². The number of likely N-dealkylation sites (tertiary alicyclic amines) is 1. The fourth-order valence-electron chi connectivity index (χ4n) is 2.84. The van der Waals surface area contributed by atoms with E-state index in [2.05, 4.69) is 29.0 Å². The average molecular weight is 278 g/mol. The minimum Gasteiger partial charge on any atom is -0.497 e. The zero-order valence-electron chi connectivity index (χ0n) is 12.6. The molecule has 1 aliphatic heterocycles. The number of hydrogen-bond acceptors (Lipinski definition) is 4. The number of hydrogen-bond donors (Lipinski definition) is 1. The van der Waals surface area contributed by atoms with Crippen molar-refractivity contribution in [3.05, 3.63) is 29.8 Å². The molecule has 1 heterocycles. The molecule has 0 amide bonds. The first kappa shape index (κ1) is 15.3. The fraction of sp³-hybridized carbons (Fsp3) is 0.625. The molecule has 1 fully saturated rings. The summed E-state index contributed by atoms with van der Waals surface area (Å²) in [5, 5.41) is 9.31. The Balaban J connectivity index is 1.97. The molecule has 1 aromatic rings. The lowest BCUT2D eigenvalue weighted by atomic mass is 10.0. The second kappa shape index (κ2) is 7.62. The smallest absolute Gasteiger partial charge is 0.118 e. The van der Waals surface area contributed by atoms with Gasteiger partial charge in [0.15, 0.2) is 0 Å². The first-order valence-corrected chi connectivity index (χ1v) is 7.39. The van der Waals surface area contributed by atoms with Gasteiger partial charge in [-0.05, 0) is 50.7 Å². The molecule has 0 unspecified atom stereocenters. The van der Waals surface area contributed by atoms with Gasteiger partial charge in [0, 0.05) is 19.1 Å². The molecule has 0 spiro atoms. The van der Waals surface area contributed by atoms with Gasteiger partial charge in [0.2, 0.25) is 0 Å². The van der Waals surface area contributed by atoms with Crippen LogP contribution in [0.15, 0.2) is 24.3 Å². The SMILES string of the molecule is COc1ccc(CN(CCO)C2CCN(C)CC2)cc1. The van der Waals surface area contributed by atoms with Crippen LogP contribution in [-0.4, -0.2) is 61.3 Å². The lowest BCUT2D eigenvalue weighted by molar-refractivity contribution is 0.0941. The van der Waals surface area contributed by atoms with Crippen LogP contribution in [0.1, 0.15) is 18.4 Å². The Hall–Kier alpha value is -1.10. The topological polar surface area (TPSA) is 35.9 Å². The van der Waals surface area contributed by atoms with Gasteiger partial charge >= 0.3 is 0 Å². The molecule has 4 nitrogen and oxygen atoms in total. The van der Waals surface area contributed by atoms with Crippen LogP contribution in [0.25, 0.3) is 0 Å². The maximum Gasteiger partial charge on any atom is 0.118 e. The summed E-state index contributed by atoms with van der Waals surface area (Å²) in [6.07, 6.45) is 2.37. The largest absolute Gasteiger partial charge is 0.497 e. The van der Waals surface area contributed by atoms with Crippen molar-refractivity contribution in [3.8, 4) is 5.75 Å². The van der Waals surface area contributed by atoms with Crippen LogP contribution in [-0.2, 0) is 6.54 Å². The summed E-state index contributed by atoms with van der Waals surface area (Å²) >= 11 is 0. The van der Waals surface area contributed by atoms with E-state index in [9.17, 15) is 5.11 Å². The number of aliphatic hydroxyl groups excluding tert-OH is 1. The highest BCUT2D eigenvalue weighted by Crippen LogP contribution is 2.19. The molecule has 20 heavy (non-hydrogen) atoms. The van der Waals surface area contributed by atoms with E-state index in [1.54, 1.807) is 7.11 Å². The maximum absolute atomic E-state index is 9.31. The summed E-state index contributed by atoms with van der Waals surface area (Å²) in [4.78, 5) is 4.79. The predicted octanol–water partition coefficient (Wildman–Crippen LogP) is 1.58. The van der Waals surface area contributed by atoms with Crippen LogP contribution in [0.5, 0.6) is 5.75 Å². The lowest BCUT2D eigenvalue weighted by Crippen LogP contribution is -2.44. The molecule has 4 heteroatoms. The standard InChI is InChI=1S/C16H26N2O2/c1-17-9-7-15(8-10-17)18(11-12-19)13-14-3-5-16(20-2)6-4-14/h3-6,15,19H,7-13H2,1-2H3. The van der Waals surface area contributed by atoms with Gasteiger partial charge in [-0.25, -0.2) is 0 Å². The number of benzene rings is 1. The zero-order valence-corrected chi connectivity index (χ0v) is 12.6. The highest BCUT2D eigenvalue weighted by molar-refractivity contribution is 5.27. The number of ether oxygens (including phenoxy) is 1. The van der Waals surface area contributed by atoms with Crippen molar-refractivity contribution in [2.45, 2.75) is 25.4 Å². The molecule has 1 aliphatic rings. The Labute approximate surface area is 122 Å². The number of piperidine rings is 1. The quantitative estimate of drug-likeness (QED) is 0.857. The molecule has 0 aromatic heterocycles. The third-order valence-electron chi connectivity index (χ3n) is 4.14. The van der Waals surface area contributed by atoms with E-state index in [0.717, 1.165) is 31.9 Å². The normalized spacial score (nSPS) is 17.6. The van der Waals surface area contributed by atoms with Crippen molar-refractivity contribution in [1.29, 1.82) is 0 Å². The molecule has 0 atom stereocenters. The molecule has 0 aliphatic carbocycles. The summed E-state index contributed by atoms with van der Waals surface area (Å²) in [5.74, 6) is 0.891. The second-order valence-corrected chi connectivity index (χ2v) is 5.58. The lowest BCUT2D eigenvalue weighted by Gasteiger charge is -2.37. The van der Waals surface area contributed by atoms with Gasteiger partial charge in [-0.1, -0.05) is 12.1 Å². The van der Waals surface area contributed by atoms with Crippen molar-refractivity contribution in [3.63, 3.8) is 0 Å². The van der Waals surface area contributed by atoms with Crippen LogP contribution >= 0.6 is 0 Å². The first-order chi connectivity index (χ1) is 9.72. The Morgan fingerprint density at radius 1 is 1.25 bits per heavy atom. The van der Waals surface area contributed by atoms with Gasteiger partial charge < -0.3 is 14.7 Å². The van der Waals surface area contributed by atoms with Crippen molar-refractivity contribution >= 4 is 0 Å². The van der Waals surface area contributed by atoms with Gasteiger partial charge in [0.1, 0.15) is 5.75 Å². The minimum absolute atomic E-state index is 0.225. The molecule has 0 radical (unpaired) electrons. The van der Waals surface area contributed by atoms with Crippen molar-refractivity contribution in [2.75, 3.05) is 40.4 Å². The number of nitrogens with zero attached hydrogens (tertiary/aromatic N) is 2. The van der Waals surface area contributed by atoms with Crippen LogP contribution < -0.4 is 4.74 Å². The minimum atomic E-state index is 0.225. The summed E-state index contributed by atoms with van der Waals surface area (Å²) in [6, 6.07) is 8.80. The Kier molecular flexibility index (Phi) is 5.83. The Morgan fingerprint density at radius 2 is 1.90 bits per heavy atom. The summed E-state index contributed by atoms with van der Waals surface area (Å²) < 4.78 is 5.19. The van der Waals surface area contributed by atoms with Crippen LogP contribution in [0.4, 0.5) is 0 Å². The number of aliphatic hydroxyl groups is 1. The average Bonchev–Trinajstić information content (AvgIpc) is 2.48. The van der Waals surface area contributed by atoms with Crippen LogP contribution in [0, 0.1) is 0 Å². The van der Waals surface area contributed by atoms with Crippen molar-refractivity contribution < 1.29 is 9.84 Å². The summed E-state index contributed by atoms with van der Waals surface area (Å²) in [6.45, 7) is 4.17. The van der Waals surface area contributed by atoms with E-state index >= 15 is 0 Å². The number of methoxy groups -OCH3 is 1. The third kappa shape index (κ3) is 4.20. The van der Waals surface area contributed by atoms with E-state index in [-0.39, 0.29) is 6.61 Å². The molecular formula is C16H26N2O2. The molecule has 1 saturated heterocycles. The van der Waals surface area contributed by atoms with E-state index in [1.165, 1.54) is 18.4 Å². The monoisotopic (exact) mass is 278 g/mol. The highest BCUT2D eigenvalue weighted by atomic mass is 16.5. The molecule has 1 aromatic carbocycles. The van der Waals surface area contributed by atoms with E-state index in [1.807, 2.05) is 12.1 Å². The van der Waals surface area contributed by atoms with Gasteiger partial charge in [-0.3, -0.25) is 4.90 Å². The highest BCUT2D eigenvalue weighted by Gasteiger charge is 2.22. The summed E-state index contributed by atoms with van der Waals surface area (Å²) in [7, 11) is 3.86.